The fraction of sp³-hybridized carbons (Fsp3) is 0.0156. The maximum Gasteiger partial charge on any atom is 0.178 e. The van der Waals surface area contributed by atoms with Gasteiger partial charge in [0, 0.05) is 22.3 Å². The highest BCUT2D eigenvalue weighted by Gasteiger charge is 2.48. The van der Waals surface area contributed by atoms with Crippen LogP contribution in [0.1, 0.15) is 22.3 Å². The van der Waals surface area contributed by atoms with Gasteiger partial charge in [0.15, 0.2) is 40.5 Å². The second-order valence-corrected chi connectivity index (χ2v) is 17.5. The largest absolute Gasteiger partial charge is 0.449 e. The Morgan fingerprint density at radius 2 is 0.710 bits per heavy atom. The summed E-state index contributed by atoms with van der Waals surface area (Å²) in [6.45, 7) is 0. The summed E-state index contributed by atoms with van der Waals surface area (Å²) in [4.78, 5) is 15.4. The summed E-state index contributed by atoms with van der Waals surface area (Å²) < 4.78 is 13.7. The predicted molar refractivity (Wildman–Crippen MR) is 276 cm³/mol. The second-order valence-electron chi connectivity index (χ2n) is 17.5. The molecule has 0 N–H and O–H groups in total. The molecule has 0 saturated heterocycles. The molecule has 5 heteroatoms. The van der Waals surface area contributed by atoms with E-state index in [-0.39, 0.29) is 0 Å². The minimum Gasteiger partial charge on any atom is -0.449 e. The first-order valence-corrected chi connectivity index (χ1v) is 23.2. The van der Waals surface area contributed by atoms with Gasteiger partial charge >= 0.3 is 0 Å². The molecule has 10 aromatic carbocycles. The molecule has 0 fully saturated rings. The number of ether oxygens (including phenoxy) is 2. The van der Waals surface area contributed by atoms with Gasteiger partial charge in [-0.2, -0.15) is 0 Å². The van der Waals surface area contributed by atoms with Crippen LogP contribution in [0, 0.1) is 0 Å². The molecule has 0 radical (unpaired) electrons. The maximum absolute atomic E-state index is 7.03. The molecule has 0 saturated carbocycles. The number of benzene rings is 10. The Hall–Kier alpha value is -9.19. The van der Waals surface area contributed by atoms with Crippen molar-refractivity contribution in [2.75, 3.05) is 0 Å². The van der Waals surface area contributed by atoms with Crippen molar-refractivity contribution in [1.82, 2.24) is 15.0 Å². The molecule has 69 heavy (non-hydrogen) atoms. The van der Waals surface area contributed by atoms with Crippen molar-refractivity contribution in [1.29, 1.82) is 0 Å². The summed E-state index contributed by atoms with van der Waals surface area (Å²) in [5.41, 5.74) is 15.6. The van der Waals surface area contributed by atoms with Gasteiger partial charge in [0.05, 0.1) is 5.41 Å². The van der Waals surface area contributed by atoms with Gasteiger partial charge in [-0.15, -0.1) is 0 Å². The lowest BCUT2D eigenvalue weighted by molar-refractivity contribution is 0.360. The van der Waals surface area contributed by atoms with Gasteiger partial charge in [0.1, 0.15) is 0 Å². The Morgan fingerprint density at radius 3 is 1.30 bits per heavy atom. The lowest BCUT2D eigenvalue weighted by Gasteiger charge is -2.34. The van der Waals surface area contributed by atoms with E-state index in [4.69, 9.17) is 24.4 Å². The second kappa shape index (κ2) is 16.6. The van der Waals surface area contributed by atoms with Gasteiger partial charge in [0.25, 0.3) is 0 Å². The van der Waals surface area contributed by atoms with Crippen molar-refractivity contribution in [3.8, 4) is 102 Å². The molecule has 2 heterocycles. The molecular formula is C64H41N3O2. The number of fused-ring (bicyclic) bond motifs is 6. The minimum absolute atomic E-state index is 0.546. The highest BCUT2D eigenvalue weighted by molar-refractivity contribution is 5.92. The molecular weight excluding hydrogens is 843 g/mol. The molecule has 324 valence electrons. The lowest BCUT2D eigenvalue weighted by atomic mass is 9.68. The van der Waals surface area contributed by atoms with Crippen LogP contribution in [-0.4, -0.2) is 15.0 Å². The Labute approximate surface area is 400 Å². The monoisotopic (exact) mass is 883 g/mol. The average Bonchev–Trinajstić information content (AvgIpc) is 3.75. The number of nitrogens with zero attached hydrogens (tertiary/aromatic N) is 3. The molecule has 11 aromatic rings. The minimum atomic E-state index is -0.546. The van der Waals surface area contributed by atoms with E-state index >= 15 is 0 Å². The van der Waals surface area contributed by atoms with E-state index in [2.05, 4.69) is 231 Å². The van der Waals surface area contributed by atoms with E-state index in [1.54, 1.807) is 0 Å². The summed E-state index contributed by atoms with van der Waals surface area (Å²) in [7, 11) is 0. The van der Waals surface area contributed by atoms with Crippen LogP contribution in [0.25, 0.3) is 78.7 Å². The van der Waals surface area contributed by atoms with Crippen LogP contribution in [0.4, 0.5) is 0 Å². The third-order valence-electron chi connectivity index (χ3n) is 13.5. The van der Waals surface area contributed by atoms with Crippen LogP contribution < -0.4 is 9.47 Å². The Bertz CT molecular complexity index is 3570. The lowest BCUT2D eigenvalue weighted by Crippen LogP contribution is -2.28. The van der Waals surface area contributed by atoms with Crippen LogP contribution in [0.3, 0.4) is 0 Å². The SMILES string of the molecule is c1ccc(-c2cccc(-c3nc(-c4ccc(-c5ccc6c(c5)Oc5c(ccc7c5-c5ccccc5C7(c5ccccc5)c5ccccc5)O6)cc4)nc(-c4cccc(-c5ccccc5)c4)n3)c2)cc1. The summed E-state index contributed by atoms with van der Waals surface area (Å²) in [5.74, 6) is 4.55. The molecule has 2 aliphatic rings. The van der Waals surface area contributed by atoms with E-state index < -0.39 is 5.41 Å². The average molecular weight is 884 g/mol. The van der Waals surface area contributed by atoms with Crippen molar-refractivity contribution in [2.45, 2.75) is 5.41 Å². The fourth-order valence-electron chi connectivity index (χ4n) is 10.3. The number of rotatable bonds is 8. The Kier molecular flexibility index (Phi) is 9.65. The smallest absolute Gasteiger partial charge is 0.178 e. The first kappa shape index (κ1) is 40.1. The third-order valence-corrected chi connectivity index (χ3v) is 13.5. The van der Waals surface area contributed by atoms with Crippen LogP contribution in [0.2, 0.25) is 0 Å². The summed E-state index contributed by atoms with van der Waals surface area (Å²) in [6.07, 6.45) is 0. The van der Waals surface area contributed by atoms with Crippen molar-refractivity contribution in [3.63, 3.8) is 0 Å². The molecule has 0 bridgehead atoms. The molecule has 5 nitrogen and oxygen atoms in total. The zero-order valence-corrected chi connectivity index (χ0v) is 37.3. The van der Waals surface area contributed by atoms with Crippen molar-refractivity contribution in [3.05, 3.63) is 271 Å². The first-order valence-electron chi connectivity index (χ1n) is 23.2. The molecule has 1 aliphatic carbocycles. The molecule has 1 aromatic heterocycles. The summed E-state index contributed by atoms with van der Waals surface area (Å²) in [6, 6.07) is 86.7. The van der Waals surface area contributed by atoms with Crippen LogP contribution in [-0.2, 0) is 5.41 Å². The third kappa shape index (κ3) is 6.90. The van der Waals surface area contributed by atoms with Crippen molar-refractivity contribution in [2.24, 2.45) is 0 Å². The molecule has 0 spiro atoms. The van der Waals surface area contributed by atoms with Crippen molar-refractivity contribution >= 4 is 0 Å². The zero-order valence-electron chi connectivity index (χ0n) is 37.3. The van der Waals surface area contributed by atoms with Gasteiger partial charge in [0.2, 0.25) is 0 Å². The first-order chi connectivity index (χ1) is 34.2. The normalized spacial score (nSPS) is 12.7. The highest BCUT2D eigenvalue weighted by Crippen LogP contribution is 2.62. The molecule has 13 rings (SSSR count). The molecule has 0 atom stereocenters. The van der Waals surface area contributed by atoms with E-state index in [9.17, 15) is 0 Å². The van der Waals surface area contributed by atoms with Gasteiger partial charge in [-0.05, 0) is 91.5 Å². The number of hydrogen-bond donors (Lipinski definition) is 0. The topological polar surface area (TPSA) is 57.1 Å². The van der Waals surface area contributed by atoms with Crippen LogP contribution in [0.15, 0.2) is 249 Å². The van der Waals surface area contributed by atoms with E-state index in [1.165, 1.54) is 16.7 Å². The number of aromatic nitrogens is 3. The van der Waals surface area contributed by atoms with E-state index in [1.807, 2.05) is 18.2 Å². The van der Waals surface area contributed by atoms with Gasteiger partial charge in [-0.1, -0.05) is 218 Å². The van der Waals surface area contributed by atoms with Crippen LogP contribution >= 0.6 is 0 Å². The zero-order chi connectivity index (χ0) is 45.7. The highest BCUT2D eigenvalue weighted by atomic mass is 16.6. The Morgan fingerprint density at radius 1 is 0.275 bits per heavy atom. The van der Waals surface area contributed by atoms with E-state index in [0.717, 1.165) is 72.5 Å². The van der Waals surface area contributed by atoms with E-state index in [0.29, 0.717) is 34.7 Å². The van der Waals surface area contributed by atoms with Gasteiger partial charge in [-0.25, -0.2) is 15.0 Å². The maximum atomic E-state index is 7.03. The van der Waals surface area contributed by atoms with Gasteiger partial charge in [-0.3, -0.25) is 0 Å². The quantitative estimate of drug-likeness (QED) is 0.152. The number of hydrogen-bond acceptors (Lipinski definition) is 5. The predicted octanol–water partition coefficient (Wildman–Crippen LogP) is 16.1. The summed E-state index contributed by atoms with van der Waals surface area (Å²) >= 11 is 0. The van der Waals surface area contributed by atoms with Crippen molar-refractivity contribution < 1.29 is 9.47 Å². The fourth-order valence-corrected chi connectivity index (χ4v) is 10.3. The van der Waals surface area contributed by atoms with Crippen LogP contribution in [0.5, 0.6) is 23.0 Å². The molecule has 0 unspecified atom stereocenters. The molecule has 1 aliphatic heterocycles. The summed E-state index contributed by atoms with van der Waals surface area (Å²) in [5, 5.41) is 0. The van der Waals surface area contributed by atoms with Gasteiger partial charge < -0.3 is 9.47 Å². The Balaban J connectivity index is 0.870. The molecule has 0 amide bonds. The standard InChI is InChI=1S/C64H41N3O2/c1-5-17-42(18-6-1)46-21-15-23-49(39-46)62-65-61(66-63(67-62)50-24-16-22-47(40-50)43-19-7-2-8-20-43)45-33-31-44(32-34-45)48-35-37-56-58(41-48)69-60-57(68-56)38-36-55-59(60)53-29-13-14-30-54(53)64(55,51-25-9-3-10-26-51)52-27-11-4-12-28-52/h1-41H.